The minimum atomic E-state index is -0.0249. The molecule has 2 aliphatic rings. The van der Waals surface area contributed by atoms with Crippen LogP contribution in [0.2, 0.25) is 0 Å². The number of alkyl halides is 1. The van der Waals surface area contributed by atoms with E-state index in [1.165, 1.54) is 0 Å². The lowest BCUT2D eigenvalue weighted by molar-refractivity contribution is -0.148. The first-order valence-corrected chi connectivity index (χ1v) is 5.10. The predicted molar refractivity (Wildman–Crippen MR) is 47.6 cm³/mol. The highest BCUT2D eigenvalue weighted by molar-refractivity contribution is 6.20. The highest BCUT2D eigenvalue weighted by atomic mass is 35.5. The van der Waals surface area contributed by atoms with Crippen molar-refractivity contribution in [3.63, 3.8) is 0 Å². The van der Waals surface area contributed by atoms with Gasteiger partial charge in [-0.2, -0.15) is 0 Å². The van der Waals surface area contributed by atoms with E-state index in [1.807, 2.05) is 0 Å². The second-order valence-corrected chi connectivity index (χ2v) is 4.39. The number of hydrogen-bond acceptors (Lipinski definition) is 2. The quantitative estimate of drug-likeness (QED) is 0.544. The first-order chi connectivity index (χ1) is 5.81. The Balaban J connectivity index is 1.97. The van der Waals surface area contributed by atoms with Gasteiger partial charge < -0.3 is 9.47 Å². The van der Waals surface area contributed by atoms with Crippen LogP contribution < -0.4 is 0 Å². The fourth-order valence-corrected chi connectivity index (χ4v) is 2.44. The monoisotopic (exact) mass is 190 g/mol. The van der Waals surface area contributed by atoms with E-state index < -0.39 is 0 Å². The lowest BCUT2D eigenvalue weighted by atomic mass is 9.88. The Morgan fingerprint density at radius 1 is 1.33 bits per heavy atom. The molecule has 0 amide bonds. The summed E-state index contributed by atoms with van der Waals surface area (Å²) in [6.07, 6.45) is 4.19. The SMILES string of the molecule is ClC1CCOC2(CCCOC2)C1. The molecule has 0 N–H and O–H groups in total. The van der Waals surface area contributed by atoms with Gasteiger partial charge in [-0.05, 0) is 25.7 Å². The molecule has 0 aromatic carbocycles. The zero-order valence-corrected chi connectivity index (χ0v) is 7.98. The molecule has 2 saturated heterocycles. The van der Waals surface area contributed by atoms with Crippen LogP contribution in [0.25, 0.3) is 0 Å². The van der Waals surface area contributed by atoms with Crippen LogP contribution >= 0.6 is 11.6 Å². The Bertz CT molecular complexity index is 149. The molecule has 0 bridgehead atoms. The van der Waals surface area contributed by atoms with Gasteiger partial charge in [0.15, 0.2) is 0 Å². The van der Waals surface area contributed by atoms with Crippen LogP contribution in [0.4, 0.5) is 0 Å². The summed E-state index contributed by atoms with van der Waals surface area (Å²) in [5, 5.41) is 0.292. The van der Waals surface area contributed by atoms with E-state index in [1.54, 1.807) is 0 Å². The smallest absolute Gasteiger partial charge is 0.0929 e. The van der Waals surface area contributed by atoms with Gasteiger partial charge in [-0.15, -0.1) is 11.6 Å². The summed E-state index contributed by atoms with van der Waals surface area (Å²) in [6.45, 7) is 2.44. The number of halogens is 1. The predicted octanol–water partition coefficient (Wildman–Crippen LogP) is 1.95. The summed E-state index contributed by atoms with van der Waals surface area (Å²) in [4.78, 5) is 0. The van der Waals surface area contributed by atoms with Crippen LogP contribution in [0.3, 0.4) is 0 Å². The number of ether oxygens (including phenoxy) is 2. The Labute approximate surface area is 78.2 Å². The minimum Gasteiger partial charge on any atom is -0.378 e. The van der Waals surface area contributed by atoms with E-state index in [-0.39, 0.29) is 5.60 Å². The van der Waals surface area contributed by atoms with Gasteiger partial charge in [0.1, 0.15) is 0 Å². The summed E-state index contributed by atoms with van der Waals surface area (Å²) >= 11 is 6.10. The highest BCUT2D eigenvalue weighted by Crippen LogP contribution is 2.34. The summed E-state index contributed by atoms with van der Waals surface area (Å²) in [7, 11) is 0. The molecule has 2 rings (SSSR count). The van der Waals surface area contributed by atoms with Crippen molar-refractivity contribution >= 4 is 11.6 Å². The normalized spacial score (nSPS) is 43.2. The maximum absolute atomic E-state index is 6.10. The van der Waals surface area contributed by atoms with Gasteiger partial charge in [0.25, 0.3) is 0 Å². The maximum Gasteiger partial charge on any atom is 0.0929 e. The Morgan fingerprint density at radius 3 is 2.92 bits per heavy atom. The van der Waals surface area contributed by atoms with E-state index in [0.29, 0.717) is 5.38 Å². The van der Waals surface area contributed by atoms with E-state index in [9.17, 15) is 0 Å². The van der Waals surface area contributed by atoms with Crippen molar-refractivity contribution in [2.75, 3.05) is 19.8 Å². The Hall–Kier alpha value is 0.210. The third-order valence-corrected chi connectivity index (χ3v) is 3.09. The molecular formula is C9H15ClO2. The molecule has 70 valence electrons. The molecule has 2 aliphatic heterocycles. The van der Waals surface area contributed by atoms with Crippen LogP contribution in [-0.4, -0.2) is 30.8 Å². The molecule has 2 nitrogen and oxygen atoms in total. The fraction of sp³-hybridized carbons (Fsp3) is 1.00. The van der Waals surface area contributed by atoms with Crippen LogP contribution in [0.1, 0.15) is 25.7 Å². The zero-order valence-electron chi connectivity index (χ0n) is 7.22. The third-order valence-electron chi connectivity index (χ3n) is 2.72. The van der Waals surface area contributed by atoms with Crippen LogP contribution in [0, 0.1) is 0 Å². The van der Waals surface area contributed by atoms with Crippen molar-refractivity contribution < 1.29 is 9.47 Å². The molecule has 2 atom stereocenters. The Morgan fingerprint density at radius 2 is 2.25 bits per heavy atom. The molecule has 2 unspecified atom stereocenters. The first-order valence-electron chi connectivity index (χ1n) is 4.67. The molecule has 2 heterocycles. The maximum atomic E-state index is 6.10. The summed E-state index contributed by atoms with van der Waals surface area (Å²) in [5.74, 6) is 0. The van der Waals surface area contributed by atoms with Gasteiger partial charge in [-0.1, -0.05) is 0 Å². The van der Waals surface area contributed by atoms with Gasteiger partial charge >= 0.3 is 0 Å². The van der Waals surface area contributed by atoms with Crippen LogP contribution in [0.5, 0.6) is 0 Å². The largest absolute Gasteiger partial charge is 0.378 e. The molecule has 0 aromatic rings. The molecular weight excluding hydrogens is 176 g/mol. The van der Waals surface area contributed by atoms with E-state index >= 15 is 0 Å². The Kier molecular flexibility index (Phi) is 2.58. The minimum absolute atomic E-state index is 0.0249. The van der Waals surface area contributed by atoms with Gasteiger partial charge in [-0.25, -0.2) is 0 Å². The lowest BCUT2D eigenvalue weighted by Crippen LogP contribution is -2.46. The van der Waals surface area contributed by atoms with E-state index in [0.717, 1.165) is 45.5 Å². The molecule has 0 aromatic heterocycles. The van der Waals surface area contributed by atoms with Gasteiger partial charge in [0.2, 0.25) is 0 Å². The average Bonchev–Trinajstić information content (AvgIpc) is 2.05. The van der Waals surface area contributed by atoms with Gasteiger partial charge in [0, 0.05) is 18.6 Å². The second-order valence-electron chi connectivity index (χ2n) is 3.78. The van der Waals surface area contributed by atoms with Crippen molar-refractivity contribution in [2.45, 2.75) is 36.7 Å². The average molecular weight is 191 g/mol. The van der Waals surface area contributed by atoms with E-state index in [4.69, 9.17) is 21.1 Å². The van der Waals surface area contributed by atoms with Crippen LogP contribution in [0.15, 0.2) is 0 Å². The highest BCUT2D eigenvalue weighted by Gasteiger charge is 2.38. The first kappa shape index (κ1) is 8.79. The van der Waals surface area contributed by atoms with Crippen LogP contribution in [-0.2, 0) is 9.47 Å². The summed E-state index contributed by atoms with van der Waals surface area (Å²) < 4.78 is 11.2. The van der Waals surface area contributed by atoms with Gasteiger partial charge in [0.05, 0.1) is 12.2 Å². The molecule has 3 heteroatoms. The van der Waals surface area contributed by atoms with Crippen molar-refractivity contribution in [3.05, 3.63) is 0 Å². The van der Waals surface area contributed by atoms with Crippen molar-refractivity contribution in [1.82, 2.24) is 0 Å². The molecule has 2 fully saturated rings. The summed E-state index contributed by atoms with van der Waals surface area (Å²) in [5.41, 5.74) is -0.0249. The van der Waals surface area contributed by atoms with Crippen molar-refractivity contribution in [2.24, 2.45) is 0 Å². The molecule has 0 saturated carbocycles. The molecule has 12 heavy (non-hydrogen) atoms. The van der Waals surface area contributed by atoms with Crippen molar-refractivity contribution in [1.29, 1.82) is 0 Å². The second kappa shape index (κ2) is 3.52. The molecule has 0 aliphatic carbocycles. The third kappa shape index (κ3) is 1.76. The molecule has 0 radical (unpaired) electrons. The van der Waals surface area contributed by atoms with Crippen molar-refractivity contribution in [3.8, 4) is 0 Å². The standard InChI is InChI=1S/C9H15ClO2/c10-8-2-5-12-9(6-8)3-1-4-11-7-9/h8H,1-7H2. The van der Waals surface area contributed by atoms with E-state index in [2.05, 4.69) is 0 Å². The lowest BCUT2D eigenvalue weighted by Gasteiger charge is -2.41. The number of rotatable bonds is 0. The fourth-order valence-electron chi connectivity index (χ4n) is 2.07. The van der Waals surface area contributed by atoms with Gasteiger partial charge in [-0.3, -0.25) is 0 Å². The number of hydrogen-bond donors (Lipinski definition) is 0. The summed E-state index contributed by atoms with van der Waals surface area (Å²) in [6, 6.07) is 0. The molecule has 1 spiro atoms. The zero-order chi connectivity index (χ0) is 8.44. The topological polar surface area (TPSA) is 18.5 Å².